The number of rotatable bonds is 4. The van der Waals surface area contributed by atoms with Crippen LogP contribution in [0.4, 0.5) is 11.6 Å². The van der Waals surface area contributed by atoms with Crippen molar-refractivity contribution >= 4 is 22.7 Å². The van der Waals surface area contributed by atoms with Crippen LogP contribution in [0.25, 0.3) is 11.0 Å². The maximum absolute atomic E-state index is 5.98. The third kappa shape index (κ3) is 3.35. The maximum Gasteiger partial charge on any atom is 0.172 e. The van der Waals surface area contributed by atoms with Crippen LogP contribution in [0.15, 0.2) is 24.3 Å². The predicted octanol–water partition coefficient (Wildman–Crippen LogP) is 2.84. The molecule has 0 bridgehead atoms. The summed E-state index contributed by atoms with van der Waals surface area (Å²) in [6, 6.07) is 8.52. The van der Waals surface area contributed by atoms with Crippen LogP contribution < -0.4 is 10.2 Å². The van der Waals surface area contributed by atoms with Gasteiger partial charge in [0.25, 0.3) is 0 Å². The molecule has 3 fully saturated rings. The Balaban J connectivity index is 1.44. The number of nitrogens with zero attached hydrogens (tertiary/aromatic N) is 3. The number of hydrogen-bond acceptors (Lipinski definition) is 6. The minimum atomic E-state index is 0.407. The fraction of sp³-hybridized carbons (Fsp3) is 0.600. The van der Waals surface area contributed by atoms with Crippen LogP contribution in [0.3, 0.4) is 0 Å². The first-order valence-electron chi connectivity index (χ1n) is 9.84. The molecule has 0 spiro atoms. The van der Waals surface area contributed by atoms with Crippen LogP contribution in [0, 0.1) is 5.92 Å². The van der Waals surface area contributed by atoms with Crippen LogP contribution in [-0.2, 0) is 9.47 Å². The molecule has 6 nitrogen and oxygen atoms in total. The van der Waals surface area contributed by atoms with Gasteiger partial charge in [-0.15, -0.1) is 0 Å². The molecule has 2 aliphatic heterocycles. The molecule has 1 N–H and O–H groups in total. The Labute approximate surface area is 153 Å². The van der Waals surface area contributed by atoms with E-state index in [-0.39, 0.29) is 0 Å². The zero-order valence-corrected chi connectivity index (χ0v) is 15.1. The van der Waals surface area contributed by atoms with Gasteiger partial charge in [-0.25, -0.2) is 9.97 Å². The summed E-state index contributed by atoms with van der Waals surface area (Å²) < 4.78 is 11.5. The molecule has 138 valence electrons. The first-order valence-corrected chi connectivity index (χ1v) is 9.84. The van der Waals surface area contributed by atoms with Gasteiger partial charge in [0.15, 0.2) is 11.6 Å². The number of benzene rings is 1. The average Bonchev–Trinajstić information content (AvgIpc) is 3.54. The highest BCUT2D eigenvalue weighted by Crippen LogP contribution is 2.39. The summed E-state index contributed by atoms with van der Waals surface area (Å²) in [5.41, 5.74) is 1.89. The van der Waals surface area contributed by atoms with Crippen molar-refractivity contribution in [1.82, 2.24) is 9.97 Å². The number of anilines is 2. The normalized spacial score (nSPS) is 26.8. The van der Waals surface area contributed by atoms with Crippen molar-refractivity contribution in [2.75, 3.05) is 43.1 Å². The number of fused-ring (bicyclic) bond motifs is 1. The lowest BCUT2D eigenvalue weighted by molar-refractivity contribution is -0.00223. The summed E-state index contributed by atoms with van der Waals surface area (Å²) in [6.07, 6.45) is 5.17. The third-order valence-corrected chi connectivity index (χ3v) is 5.67. The fourth-order valence-corrected chi connectivity index (χ4v) is 4.03. The van der Waals surface area contributed by atoms with E-state index in [4.69, 9.17) is 19.4 Å². The molecule has 2 aromatic rings. The maximum atomic E-state index is 5.98. The molecule has 26 heavy (non-hydrogen) atoms. The standard InChI is InChI=1S/C20H26N4O2/c1-2-4-17-16(3-1)22-19(20(23-17)24-8-11-25-12-9-24)21-15-7-10-26-18(13-15)14-5-6-14/h1-4,14-15,18H,5-13H2,(H,21,22). The molecule has 3 aliphatic rings. The van der Waals surface area contributed by atoms with Gasteiger partial charge >= 0.3 is 0 Å². The second-order valence-electron chi connectivity index (χ2n) is 7.60. The Bertz CT molecular complexity index is 773. The quantitative estimate of drug-likeness (QED) is 0.911. The van der Waals surface area contributed by atoms with Crippen LogP contribution in [0.1, 0.15) is 25.7 Å². The van der Waals surface area contributed by atoms with Gasteiger partial charge in [0.1, 0.15) is 0 Å². The predicted molar refractivity (Wildman–Crippen MR) is 102 cm³/mol. The molecule has 1 aromatic heterocycles. The largest absolute Gasteiger partial charge is 0.378 e. The van der Waals surface area contributed by atoms with E-state index in [1.54, 1.807) is 0 Å². The van der Waals surface area contributed by atoms with Crippen molar-refractivity contribution in [3.8, 4) is 0 Å². The summed E-state index contributed by atoms with van der Waals surface area (Å²) in [4.78, 5) is 12.2. The van der Waals surface area contributed by atoms with Crippen LogP contribution in [0.5, 0.6) is 0 Å². The van der Waals surface area contributed by atoms with E-state index in [9.17, 15) is 0 Å². The van der Waals surface area contributed by atoms with E-state index in [1.807, 2.05) is 24.3 Å². The number of nitrogens with one attached hydrogen (secondary N) is 1. The van der Waals surface area contributed by atoms with Crippen molar-refractivity contribution in [2.24, 2.45) is 5.92 Å². The number of hydrogen-bond donors (Lipinski definition) is 1. The molecule has 3 heterocycles. The smallest absolute Gasteiger partial charge is 0.172 e. The number of ether oxygens (including phenoxy) is 2. The molecule has 1 aliphatic carbocycles. The summed E-state index contributed by atoms with van der Waals surface area (Å²) >= 11 is 0. The van der Waals surface area contributed by atoms with Crippen molar-refractivity contribution in [3.05, 3.63) is 24.3 Å². The van der Waals surface area contributed by atoms with Crippen molar-refractivity contribution in [1.29, 1.82) is 0 Å². The molecule has 5 rings (SSSR count). The highest BCUT2D eigenvalue weighted by Gasteiger charge is 2.36. The van der Waals surface area contributed by atoms with Crippen molar-refractivity contribution in [2.45, 2.75) is 37.8 Å². The van der Waals surface area contributed by atoms with Crippen LogP contribution in [0.2, 0.25) is 0 Å². The SMILES string of the molecule is c1ccc2nc(N3CCOCC3)c(NC3CCOC(C4CC4)C3)nc2c1. The molecule has 2 unspecified atom stereocenters. The van der Waals surface area contributed by atoms with E-state index in [1.165, 1.54) is 12.8 Å². The molecule has 1 saturated carbocycles. The van der Waals surface area contributed by atoms with Gasteiger partial charge in [-0.2, -0.15) is 0 Å². The number of aromatic nitrogens is 2. The fourth-order valence-electron chi connectivity index (χ4n) is 4.03. The van der Waals surface area contributed by atoms with E-state index in [0.717, 1.165) is 74.3 Å². The molecule has 1 aromatic carbocycles. The molecule has 6 heteroatoms. The third-order valence-electron chi connectivity index (χ3n) is 5.67. The Morgan fingerprint density at radius 1 is 0.962 bits per heavy atom. The summed E-state index contributed by atoms with van der Waals surface area (Å²) in [7, 11) is 0. The Morgan fingerprint density at radius 3 is 2.50 bits per heavy atom. The van der Waals surface area contributed by atoms with Gasteiger partial charge in [0.2, 0.25) is 0 Å². The molecule has 2 atom stereocenters. The lowest BCUT2D eigenvalue weighted by atomic mass is 10.00. The number of para-hydroxylation sites is 2. The topological polar surface area (TPSA) is 59.5 Å². The summed E-state index contributed by atoms with van der Waals surface area (Å²) in [6.45, 7) is 4.05. The van der Waals surface area contributed by atoms with E-state index >= 15 is 0 Å². The Kier molecular flexibility index (Phi) is 4.38. The van der Waals surface area contributed by atoms with Gasteiger partial charge in [-0.1, -0.05) is 12.1 Å². The molecule has 0 radical (unpaired) electrons. The van der Waals surface area contributed by atoms with E-state index < -0.39 is 0 Å². The van der Waals surface area contributed by atoms with Crippen molar-refractivity contribution < 1.29 is 9.47 Å². The van der Waals surface area contributed by atoms with Gasteiger partial charge in [-0.3, -0.25) is 0 Å². The zero-order chi connectivity index (χ0) is 17.3. The summed E-state index contributed by atoms with van der Waals surface area (Å²) in [5.74, 6) is 2.65. The van der Waals surface area contributed by atoms with Crippen molar-refractivity contribution in [3.63, 3.8) is 0 Å². The highest BCUT2D eigenvalue weighted by atomic mass is 16.5. The van der Waals surface area contributed by atoms with Crippen LogP contribution >= 0.6 is 0 Å². The van der Waals surface area contributed by atoms with Gasteiger partial charge in [0, 0.05) is 25.7 Å². The zero-order valence-electron chi connectivity index (χ0n) is 15.1. The van der Waals surface area contributed by atoms with Gasteiger partial charge in [-0.05, 0) is 43.7 Å². The Morgan fingerprint density at radius 2 is 1.73 bits per heavy atom. The minimum absolute atomic E-state index is 0.407. The highest BCUT2D eigenvalue weighted by molar-refractivity contribution is 5.80. The second-order valence-corrected chi connectivity index (χ2v) is 7.60. The molecular weight excluding hydrogens is 328 g/mol. The van der Waals surface area contributed by atoms with Gasteiger partial charge < -0.3 is 19.7 Å². The monoisotopic (exact) mass is 354 g/mol. The van der Waals surface area contributed by atoms with Gasteiger partial charge in [0.05, 0.1) is 30.4 Å². The van der Waals surface area contributed by atoms with E-state index in [0.29, 0.717) is 12.1 Å². The average molecular weight is 354 g/mol. The lowest BCUT2D eigenvalue weighted by Gasteiger charge is -2.33. The lowest BCUT2D eigenvalue weighted by Crippen LogP contribution is -2.39. The minimum Gasteiger partial charge on any atom is -0.378 e. The second kappa shape index (κ2) is 7.00. The Hall–Kier alpha value is -1.92. The van der Waals surface area contributed by atoms with E-state index in [2.05, 4.69) is 10.2 Å². The molecule has 2 saturated heterocycles. The molecule has 0 amide bonds. The molecular formula is C20H26N4O2. The first-order chi connectivity index (χ1) is 12.9. The summed E-state index contributed by atoms with van der Waals surface area (Å²) in [5, 5.41) is 3.72. The number of morpholine rings is 1. The van der Waals surface area contributed by atoms with Crippen LogP contribution in [-0.4, -0.2) is 55.0 Å². The first kappa shape index (κ1) is 16.3.